The lowest BCUT2D eigenvalue weighted by Crippen LogP contribution is -2.26. The van der Waals surface area contributed by atoms with Crippen molar-refractivity contribution in [3.8, 4) is 0 Å². The largest absolute Gasteiger partial charge is 0.348 e. The maximum atomic E-state index is 11.4. The van der Waals surface area contributed by atoms with E-state index in [4.69, 9.17) is 0 Å². The first-order valence-corrected chi connectivity index (χ1v) is 4.19. The van der Waals surface area contributed by atoms with Crippen LogP contribution in [0.4, 0.5) is 0 Å². The normalized spacial score (nSPS) is 16.1. The average Bonchev–Trinajstić information content (AvgIpc) is 2.72. The predicted octanol–water partition coefficient (Wildman–Crippen LogP) is 0.917. The van der Waals surface area contributed by atoms with Crippen molar-refractivity contribution in [1.29, 1.82) is 0 Å². The molecule has 1 heterocycles. The van der Waals surface area contributed by atoms with E-state index in [-0.39, 0.29) is 5.91 Å². The molecule has 12 heavy (non-hydrogen) atoms. The van der Waals surface area contributed by atoms with Crippen molar-refractivity contribution in [2.75, 3.05) is 0 Å². The molecule has 3 nitrogen and oxygen atoms in total. The highest BCUT2D eigenvalue weighted by Gasteiger charge is 2.24. The zero-order valence-electron chi connectivity index (χ0n) is 7.08. The summed E-state index contributed by atoms with van der Waals surface area (Å²) in [6, 6.07) is 4.15. The molecule has 1 aliphatic rings. The summed E-state index contributed by atoms with van der Waals surface area (Å²) in [6.07, 6.45) is 4.15. The van der Waals surface area contributed by atoms with E-state index in [1.54, 1.807) is 0 Å². The smallest absolute Gasteiger partial charge is 0.268 e. The third kappa shape index (κ3) is 1.35. The van der Waals surface area contributed by atoms with E-state index >= 15 is 0 Å². The first-order valence-electron chi connectivity index (χ1n) is 4.19. The van der Waals surface area contributed by atoms with Crippen LogP contribution in [0.5, 0.6) is 0 Å². The van der Waals surface area contributed by atoms with Crippen molar-refractivity contribution in [1.82, 2.24) is 9.88 Å². The summed E-state index contributed by atoms with van der Waals surface area (Å²) < 4.78 is 1.83. The van der Waals surface area contributed by atoms with Gasteiger partial charge in [-0.05, 0) is 25.0 Å². The SMILES string of the molecule is Cn1cccc1C(=O)NC1CC1. The topological polar surface area (TPSA) is 34.0 Å². The molecular formula is C9H12N2O. The average molecular weight is 164 g/mol. The number of amides is 1. The zero-order valence-corrected chi connectivity index (χ0v) is 7.08. The minimum atomic E-state index is 0.0463. The molecule has 1 amide bonds. The standard InChI is InChI=1S/C9H12N2O/c1-11-6-2-3-8(11)9(12)10-7-4-5-7/h2-3,6-7H,4-5H2,1H3,(H,10,12). The molecule has 0 aliphatic heterocycles. The number of hydrogen-bond acceptors (Lipinski definition) is 1. The summed E-state index contributed by atoms with van der Waals surface area (Å²) in [5.74, 6) is 0.0463. The molecule has 0 spiro atoms. The van der Waals surface area contributed by atoms with Crippen LogP contribution in [0.25, 0.3) is 0 Å². The van der Waals surface area contributed by atoms with E-state index in [0.717, 1.165) is 18.5 Å². The van der Waals surface area contributed by atoms with Gasteiger partial charge in [0, 0.05) is 19.3 Å². The highest BCUT2D eigenvalue weighted by molar-refractivity contribution is 5.93. The van der Waals surface area contributed by atoms with Crippen molar-refractivity contribution >= 4 is 5.91 Å². The Kier molecular flexibility index (Phi) is 1.64. The Bertz CT molecular complexity index is 299. The fraction of sp³-hybridized carbons (Fsp3) is 0.444. The number of hydrogen-bond donors (Lipinski definition) is 1. The molecule has 1 aromatic rings. The van der Waals surface area contributed by atoms with Crippen LogP contribution in [0.2, 0.25) is 0 Å². The number of rotatable bonds is 2. The van der Waals surface area contributed by atoms with Gasteiger partial charge in [-0.2, -0.15) is 0 Å². The second-order valence-corrected chi connectivity index (χ2v) is 3.25. The number of carbonyl (C=O) groups is 1. The van der Waals surface area contributed by atoms with E-state index in [0.29, 0.717) is 6.04 Å². The van der Waals surface area contributed by atoms with Gasteiger partial charge in [-0.3, -0.25) is 4.79 Å². The summed E-state index contributed by atoms with van der Waals surface area (Å²) >= 11 is 0. The van der Waals surface area contributed by atoms with E-state index in [9.17, 15) is 4.79 Å². The first-order chi connectivity index (χ1) is 5.77. The highest BCUT2D eigenvalue weighted by atomic mass is 16.2. The zero-order chi connectivity index (χ0) is 8.55. The number of nitrogens with zero attached hydrogens (tertiary/aromatic N) is 1. The Morgan fingerprint density at radius 2 is 2.42 bits per heavy atom. The molecule has 64 valence electrons. The minimum Gasteiger partial charge on any atom is -0.348 e. The Hall–Kier alpha value is -1.25. The molecular weight excluding hydrogens is 152 g/mol. The van der Waals surface area contributed by atoms with Gasteiger partial charge < -0.3 is 9.88 Å². The summed E-state index contributed by atoms with van der Waals surface area (Å²) in [7, 11) is 1.88. The van der Waals surface area contributed by atoms with Crippen LogP contribution in [0.1, 0.15) is 23.3 Å². The highest BCUT2D eigenvalue weighted by Crippen LogP contribution is 2.19. The first kappa shape index (κ1) is 7.40. The van der Waals surface area contributed by atoms with Crippen LogP contribution < -0.4 is 5.32 Å². The fourth-order valence-corrected chi connectivity index (χ4v) is 1.18. The molecule has 1 saturated carbocycles. The maximum absolute atomic E-state index is 11.4. The Morgan fingerprint density at radius 3 is 2.92 bits per heavy atom. The Labute approximate surface area is 71.4 Å². The number of aromatic nitrogens is 1. The molecule has 0 aromatic carbocycles. The molecule has 0 unspecified atom stereocenters. The van der Waals surface area contributed by atoms with E-state index in [2.05, 4.69) is 5.32 Å². The van der Waals surface area contributed by atoms with Crippen LogP contribution >= 0.6 is 0 Å². The number of nitrogens with one attached hydrogen (secondary N) is 1. The molecule has 1 aromatic heterocycles. The Balaban J connectivity index is 2.07. The molecule has 0 radical (unpaired) electrons. The summed E-state index contributed by atoms with van der Waals surface area (Å²) in [6.45, 7) is 0. The van der Waals surface area contributed by atoms with Crippen molar-refractivity contribution in [3.63, 3.8) is 0 Å². The van der Waals surface area contributed by atoms with Crippen LogP contribution in [0.15, 0.2) is 18.3 Å². The van der Waals surface area contributed by atoms with Crippen LogP contribution in [-0.2, 0) is 7.05 Å². The van der Waals surface area contributed by atoms with E-state index < -0.39 is 0 Å². The third-order valence-corrected chi connectivity index (χ3v) is 2.09. The molecule has 0 saturated heterocycles. The van der Waals surface area contributed by atoms with E-state index in [1.807, 2.05) is 29.9 Å². The second-order valence-electron chi connectivity index (χ2n) is 3.25. The van der Waals surface area contributed by atoms with Crippen molar-refractivity contribution in [2.24, 2.45) is 7.05 Å². The molecule has 1 N–H and O–H groups in total. The lowest BCUT2D eigenvalue weighted by molar-refractivity contribution is 0.0943. The summed E-state index contributed by atoms with van der Waals surface area (Å²) in [4.78, 5) is 11.4. The van der Waals surface area contributed by atoms with Crippen LogP contribution in [0, 0.1) is 0 Å². The third-order valence-electron chi connectivity index (χ3n) is 2.09. The Morgan fingerprint density at radius 1 is 1.67 bits per heavy atom. The fourth-order valence-electron chi connectivity index (χ4n) is 1.18. The van der Waals surface area contributed by atoms with Crippen molar-refractivity contribution in [2.45, 2.75) is 18.9 Å². The van der Waals surface area contributed by atoms with Gasteiger partial charge in [0.2, 0.25) is 0 Å². The predicted molar refractivity (Wildman–Crippen MR) is 45.9 cm³/mol. The quantitative estimate of drug-likeness (QED) is 0.692. The summed E-state index contributed by atoms with van der Waals surface area (Å²) in [5, 5.41) is 2.94. The van der Waals surface area contributed by atoms with Gasteiger partial charge in [0.15, 0.2) is 0 Å². The lowest BCUT2D eigenvalue weighted by atomic mass is 10.4. The molecule has 1 aliphatic carbocycles. The molecule has 2 rings (SSSR count). The van der Waals surface area contributed by atoms with Gasteiger partial charge in [0.1, 0.15) is 5.69 Å². The minimum absolute atomic E-state index is 0.0463. The van der Waals surface area contributed by atoms with Gasteiger partial charge in [0.25, 0.3) is 5.91 Å². The van der Waals surface area contributed by atoms with Gasteiger partial charge >= 0.3 is 0 Å². The van der Waals surface area contributed by atoms with Crippen molar-refractivity contribution in [3.05, 3.63) is 24.0 Å². The van der Waals surface area contributed by atoms with Gasteiger partial charge in [-0.15, -0.1) is 0 Å². The molecule has 0 bridgehead atoms. The van der Waals surface area contributed by atoms with E-state index in [1.165, 1.54) is 0 Å². The molecule has 1 fully saturated rings. The molecule has 0 atom stereocenters. The second kappa shape index (κ2) is 2.66. The monoisotopic (exact) mass is 164 g/mol. The number of aryl methyl sites for hydroxylation is 1. The number of carbonyl (C=O) groups excluding carboxylic acids is 1. The maximum Gasteiger partial charge on any atom is 0.268 e. The van der Waals surface area contributed by atoms with Crippen LogP contribution in [-0.4, -0.2) is 16.5 Å². The van der Waals surface area contributed by atoms with Gasteiger partial charge in [-0.25, -0.2) is 0 Å². The van der Waals surface area contributed by atoms with Gasteiger partial charge in [0.05, 0.1) is 0 Å². The summed E-state index contributed by atoms with van der Waals surface area (Å²) in [5.41, 5.74) is 0.738. The van der Waals surface area contributed by atoms with Gasteiger partial charge in [-0.1, -0.05) is 0 Å². The molecule has 3 heteroatoms. The van der Waals surface area contributed by atoms with Crippen molar-refractivity contribution < 1.29 is 4.79 Å². The lowest BCUT2D eigenvalue weighted by Gasteiger charge is -2.03. The van der Waals surface area contributed by atoms with Crippen LogP contribution in [0.3, 0.4) is 0 Å².